The molecule has 4 rings (SSSR count). The normalized spacial score (nSPS) is 18.7. The smallest absolute Gasteiger partial charge is 0.263 e. The van der Waals surface area contributed by atoms with Crippen LogP contribution in [0.2, 0.25) is 0 Å². The SMILES string of the molecule is Cc1nnc2n(C)c(=O)c3c4c(sc3n12)CC(C(C)(C)C)CC4. The summed E-state index contributed by atoms with van der Waals surface area (Å²) in [4.78, 5) is 15.2. The number of thiophene rings is 1. The van der Waals surface area contributed by atoms with E-state index in [0.717, 1.165) is 35.3 Å². The minimum Gasteiger partial charge on any atom is -0.279 e. The first-order chi connectivity index (χ1) is 10.8. The van der Waals surface area contributed by atoms with Crippen LogP contribution in [0.3, 0.4) is 0 Å². The molecule has 1 unspecified atom stereocenters. The van der Waals surface area contributed by atoms with Crippen LogP contribution in [-0.4, -0.2) is 19.2 Å². The van der Waals surface area contributed by atoms with Crippen LogP contribution in [0.1, 0.15) is 43.5 Å². The third-order valence-electron chi connectivity index (χ3n) is 5.30. The van der Waals surface area contributed by atoms with E-state index in [4.69, 9.17) is 0 Å². The molecule has 0 saturated heterocycles. The summed E-state index contributed by atoms with van der Waals surface area (Å²) in [6.45, 7) is 8.89. The van der Waals surface area contributed by atoms with Gasteiger partial charge in [0.05, 0.1) is 5.39 Å². The van der Waals surface area contributed by atoms with Crippen molar-refractivity contribution in [3.63, 3.8) is 0 Å². The molecule has 23 heavy (non-hydrogen) atoms. The Morgan fingerprint density at radius 3 is 2.70 bits per heavy atom. The number of hydrogen-bond acceptors (Lipinski definition) is 4. The molecule has 3 aromatic heterocycles. The molecular formula is C17H22N4OS. The Morgan fingerprint density at radius 1 is 1.26 bits per heavy atom. The highest BCUT2D eigenvalue weighted by Crippen LogP contribution is 2.42. The molecule has 3 heterocycles. The summed E-state index contributed by atoms with van der Waals surface area (Å²) in [5, 5.41) is 9.22. The molecule has 0 aromatic carbocycles. The molecule has 3 aromatic rings. The summed E-state index contributed by atoms with van der Waals surface area (Å²) in [6, 6.07) is 0. The molecule has 0 N–H and O–H groups in total. The topological polar surface area (TPSA) is 52.2 Å². The maximum Gasteiger partial charge on any atom is 0.263 e. The van der Waals surface area contributed by atoms with Gasteiger partial charge in [-0.1, -0.05) is 20.8 Å². The number of nitrogens with zero attached hydrogens (tertiary/aromatic N) is 4. The fourth-order valence-electron chi connectivity index (χ4n) is 3.75. The fourth-order valence-corrected chi connectivity index (χ4v) is 5.22. The van der Waals surface area contributed by atoms with E-state index in [-0.39, 0.29) is 5.56 Å². The Bertz CT molecular complexity index is 986. The molecule has 0 fully saturated rings. The van der Waals surface area contributed by atoms with Gasteiger partial charge in [-0.3, -0.25) is 13.8 Å². The molecule has 0 saturated carbocycles. The average Bonchev–Trinajstić information content (AvgIpc) is 3.03. The predicted octanol–water partition coefficient (Wildman–Crippen LogP) is 3.10. The summed E-state index contributed by atoms with van der Waals surface area (Å²) in [6.07, 6.45) is 3.23. The second-order valence-corrected chi connectivity index (χ2v) is 8.82. The summed E-state index contributed by atoms with van der Waals surface area (Å²) in [7, 11) is 1.79. The van der Waals surface area contributed by atoms with Crippen molar-refractivity contribution >= 4 is 27.3 Å². The quantitative estimate of drug-likeness (QED) is 0.636. The van der Waals surface area contributed by atoms with Gasteiger partial charge in [-0.25, -0.2) is 0 Å². The van der Waals surface area contributed by atoms with Gasteiger partial charge in [0.25, 0.3) is 5.56 Å². The Hall–Kier alpha value is -1.69. The Morgan fingerprint density at radius 2 is 2.00 bits per heavy atom. The van der Waals surface area contributed by atoms with Gasteiger partial charge >= 0.3 is 0 Å². The maximum absolute atomic E-state index is 12.9. The van der Waals surface area contributed by atoms with E-state index in [2.05, 4.69) is 31.0 Å². The lowest BCUT2D eigenvalue weighted by atomic mass is 9.72. The van der Waals surface area contributed by atoms with Crippen molar-refractivity contribution in [3.8, 4) is 0 Å². The molecule has 1 atom stereocenters. The molecule has 1 aliphatic rings. The van der Waals surface area contributed by atoms with E-state index in [0.29, 0.717) is 17.1 Å². The Kier molecular flexibility index (Phi) is 3.01. The summed E-state index contributed by atoms with van der Waals surface area (Å²) >= 11 is 1.76. The van der Waals surface area contributed by atoms with Crippen LogP contribution >= 0.6 is 11.3 Å². The number of fused-ring (bicyclic) bond motifs is 5. The van der Waals surface area contributed by atoms with E-state index >= 15 is 0 Å². The summed E-state index contributed by atoms with van der Waals surface area (Å²) in [5.41, 5.74) is 1.63. The Balaban J connectivity index is 2.04. The minimum absolute atomic E-state index is 0.0617. The third kappa shape index (κ3) is 2.00. The second kappa shape index (κ2) is 4.66. The first-order valence-corrected chi connectivity index (χ1v) is 8.95. The number of hydrogen-bond donors (Lipinski definition) is 0. The van der Waals surface area contributed by atoms with Crippen molar-refractivity contribution in [1.29, 1.82) is 0 Å². The first kappa shape index (κ1) is 14.9. The fraction of sp³-hybridized carbons (Fsp3) is 0.588. The van der Waals surface area contributed by atoms with Crippen molar-refractivity contribution in [3.05, 3.63) is 26.6 Å². The molecule has 0 amide bonds. The lowest BCUT2D eigenvalue weighted by Gasteiger charge is -2.33. The molecule has 1 aliphatic carbocycles. The van der Waals surface area contributed by atoms with E-state index in [1.165, 1.54) is 10.4 Å². The summed E-state index contributed by atoms with van der Waals surface area (Å²) in [5.74, 6) is 2.14. The third-order valence-corrected chi connectivity index (χ3v) is 6.54. The van der Waals surface area contributed by atoms with Crippen LogP contribution in [0.4, 0.5) is 0 Å². The zero-order valence-corrected chi connectivity index (χ0v) is 15.1. The Labute approximate surface area is 139 Å². The molecule has 6 heteroatoms. The zero-order valence-electron chi connectivity index (χ0n) is 14.3. The van der Waals surface area contributed by atoms with Crippen LogP contribution in [0, 0.1) is 18.3 Å². The molecule has 0 aliphatic heterocycles. The number of rotatable bonds is 0. The van der Waals surface area contributed by atoms with Crippen molar-refractivity contribution < 1.29 is 0 Å². The van der Waals surface area contributed by atoms with Gasteiger partial charge in [0.2, 0.25) is 5.78 Å². The van der Waals surface area contributed by atoms with Crippen molar-refractivity contribution in [2.75, 3.05) is 0 Å². The monoisotopic (exact) mass is 330 g/mol. The lowest BCUT2D eigenvalue weighted by Crippen LogP contribution is -2.27. The molecule has 0 radical (unpaired) electrons. The summed E-state index contributed by atoms with van der Waals surface area (Å²) < 4.78 is 3.66. The van der Waals surface area contributed by atoms with E-state index < -0.39 is 0 Å². The van der Waals surface area contributed by atoms with E-state index in [9.17, 15) is 4.79 Å². The maximum atomic E-state index is 12.9. The highest BCUT2D eigenvalue weighted by molar-refractivity contribution is 7.18. The largest absolute Gasteiger partial charge is 0.279 e. The standard InChI is InChI=1S/C17H22N4OS/c1-9-18-19-16-20(5)14(22)13-11-7-6-10(17(2,3)4)8-12(11)23-15(13)21(9)16/h10H,6-8H2,1-5H3. The van der Waals surface area contributed by atoms with Gasteiger partial charge in [0, 0.05) is 11.9 Å². The van der Waals surface area contributed by atoms with Crippen molar-refractivity contribution in [2.45, 2.75) is 47.0 Å². The van der Waals surface area contributed by atoms with Crippen LogP contribution in [-0.2, 0) is 19.9 Å². The van der Waals surface area contributed by atoms with Crippen LogP contribution < -0.4 is 5.56 Å². The van der Waals surface area contributed by atoms with Crippen molar-refractivity contribution in [2.24, 2.45) is 18.4 Å². The van der Waals surface area contributed by atoms with Gasteiger partial charge in [0.15, 0.2) is 0 Å². The van der Waals surface area contributed by atoms with Gasteiger partial charge in [-0.05, 0) is 43.1 Å². The first-order valence-electron chi connectivity index (χ1n) is 8.14. The molecule has 5 nitrogen and oxygen atoms in total. The highest BCUT2D eigenvalue weighted by atomic mass is 32.1. The zero-order chi connectivity index (χ0) is 16.5. The van der Waals surface area contributed by atoms with Gasteiger partial charge in [-0.15, -0.1) is 21.5 Å². The molecule has 0 spiro atoms. The van der Waals surface area contributed by atoms with E-state index in [1.807, 2.05) is 11.3 Å². The highest BCUT2D eigenvalue weighted by Gasteiger charge is 2.32. The second-order valence-electron chi connectivity index (χ2n) is 7.74. The number of aryl methyl sites for hydroxylation is 3. The van der Waals surface area contributed by atoms with Gasteiger partial charge in [-0.2, -0.15) is 0 Å². The van der Waals surface area contributed by atoms with E-state index in [1.54, 1.807) is 23.0 Å². The molecule has 0 bridgehead atoms. The lowest BCUT2D eigenvalue weighted by molar-refractivity contribution is 0.218. The van der Waals surface area contributed by atoms with Crippen LogP contribution in [0.15, 0.2) is 4.79 Å². The molecule has 122 valence electrons. The predicted molar refractivity (Wildman–Crippen MR) is 93.3 cm³/mol. The minimum atomic E-state index is 0.0617. The van der Waals surface area contributed by atoms with Crippen LogP contribution in [0.5, 0.6) is 0 Å². The van der Waals surface area contributed by atoms with Gasteiger partial charge in [0.1, 0.15) is 10.7 Å². The van der Waals surface area contributed by atoms with Crippen LogP contribution in [0.25, 0.3) is 16.0 Å². The van der Waals surface area contributed by atoms with Crippen molar-refractivity contribution in [1.82, 2.24) is 19.2 Å². The average molecular weight is 330 g/mol. The number of aromatic nitrogens is 4. The van der Waals surface area contributed by atoms with Gasteiger partial charge < -0.3 is 0 Å². The molecular weight excluding hydrogens is 308 g/mol.